The Kier molecular flexibility index (Phi) is 6.77. The fraction of sp³-hybridized carbons (Fsp3) is 0.550. The summed E-state index contributed by atoms with van der Waals surface area (Å²) in [5.41, 5.74) is -0.708. The van der Waals surface area contributed by atoms with Crippen molar-refractivity contribution in [2.75, 3.05) is 37.6 Å². The van der Waals surface area contributed by atoms with Crippen LogP contribution in [0, 0.1) is 12.3 Å². The molecule has 27 heavy (non-hydrogen) atoms. The third kappa shape index (κ3) is 5.39. The SMILES string of the molecule is C#CC(CC)(CC)NC(=O)CN1CCN(c2cccc(C(F)(F)F)c2)CC1. The zero-order valence-electron chi connectivity index (χ0n) is 15.8. The normalized spacial score (nSPS) is 16.1. The Bertz CT molecular complexity index is 684. The lowest BCUT2D eigenvalue weighted by molar-refractivity contribution is -0.137. The number of amides is 1. The lowest BCUT2D eigenvalue weighted by Crippen LogP contribution is -2.53. The van der Waals surface area contributed by atoms with Gasteiger partial charge in [0.25, 0.3) is 0 Å². The molecular formula is C20H26F3N3O. The summed E-state index contributed by atoms with van der Waals surface area (Å²) >= 11 is 0. The Morgan fingerprint density at radius 3 is 2.33 bits per heavy atom. The molecule has 1 aliphatic heterocycles. The van der Waals surface area contributed by atoms with Gasteiger partial charge in [-0.25, -0.2) is 0 Å². The quantitative estimate of drug-likeness (QED) is 0.769. The molecule has 7 heteroatoms. The first-order chi connectivity index (χ1) is 12.7. The minimum atomic E-state index is -4.35. The summed E-state index contributed by atoms with van der Waals surface area (Å²) in [6.45, 7) is 6.46. The number of halogens is 3. The molecule has 2 rings (SSSR count). The molecule has 1 aliphatic rings. The third-order valence-corrected chi connectivity index (χ3v) is 5.14. The predicted molar refractivity (Wildman–Crippen MR) is 100 cm³/mol. The van der Waals surface area contributed by atoms with E-state index in [4.69, 9.17) is 6.42 Å². The molecule has 148 valence electrons. The highest BCUT2D eigenvalue weighted by Gasteiger charge is 2.31. The average Bonchev–Trinajstić information content (AvgIpc) is 2.66. The molecule has 1 saturated heterocycles. The van der Waals surface area contributed by atoms with Crippen molar-refractivity contribution in [1.29, 1.82) is 0 Å². The van der Waals surface area contributed by atoms with Crippen molar-refractivity contribution in [2.45, 2.75) is 38.4 Å². The van der Waals surface area contributed by atoms with Gasteiger partial charge in [-0.05, 0) is 31.0 Å². The van der Waals surface area contributed by atoms with Gasteiger partial charge in [0.05, 0.1) is 12.1 Å². The number of carbonyl (C=O) groups is 1. The lowest BCUT2D eigenvalue weighted by Gasteiger charge is -2.36. The summed E-state index contributed by atoms with van der Waals surface area (Å²) in [7, 11) is 0. The minimum absolute atomic E-state index is 0.121. The highest BCUT2D eigenvalue weighted by molar-refractivity contribution is 5.79. The Hall–Kier alpha value is -2.20. The number of benzene rings is 1. The average molecular weight is 381 g/mol. The van der Waals surface area contributed by atoms with Gasteiger partial charge in [0.2, 0.25) is 5.91 Å². The van der Waals surface area contributed by atoms with Gasteiger partial charge < -0.3 is 10.2 Å². The van der Waals surface area contributed by atoms with Crippen LogP contribution < -0.4 is 10.2 Å². The summed E-state index contributed by atoms with van der Waals surface area (Å²) in [5.74, 6) is 2.56. The number of alkyl halides is 3. The van der Waals surface area contributed by atoms with Crippen molar-refractivity contribution in [3.63, 3.8) is 0 Å². The standard InChI is InChI=1S/C20H26F3N3O/c1-4-19(5-2,6-3)24-18(27)15-25-10-12-26(13-11-25)17-9-7-8-16(14-17)20(21,22)23/h1,7-9,14H,5-6,10-13,15H2,2-3H3,(H,24,27). The number of piperazine rings is 1. The molecule has 0 radical (unpaired) electrons. The minimum Gasteiger partial charge on any atom is -0.369 e. The smallest absolute Gasteiger partial charge is 0.369 e. The van der Waals surface area contributed by atoms with E-state index < -0.39 is 17.3 Å². The van der Waals surface area contributed by atoms with E-state index in [1.54, 1.807) is 6.07 Å². The second kappa shape index (κ2) is 8.66. The summed E-state index contributed by atoms with van der Waals surface area (Å²) in [4.78, 5) is 16.2. The van der Waals surface area contributed by atoms with Crippen LogP contribution in [0.3, 0.4) is 0 Å². The molecule has 0 atom stereocenters. The number of anilines is 1. The van der Waals surface area contributed by atoms with Crippen LogP contribution in [0.25, 0.3) is 0 Å². The topological polar surface area (TPSA) is 35.6 Å². The summed E-state index contributed by atoms with van der Waals surface area (Å²) in [6, 6.07) is 5.35. The molecule has 0 aromatic heterocycles. The maximum Gasteiger partial charge on any atom is 0.416 e. The van der Waals surface area contributed by atoms with Gasteiger partial charge in [0, 0.05) is 31.9 Å². The van der Waals surface area contributed by atoms with E-state index in [1.165, 1.54) is 12.1 Å². The van der Waals surface area contributed by atoms with E-state index in [0.29, 0.717) is 44.7 Å². The van der Waals surface area contributed by atoms with Gasteiger partial charge in [-0.1, -0.05) is 25.8 Å². The van der Waals surface area contributed by atoms with E-state index in [-0.39, 0.29) is 12.5 Å². The fourth-order valence-electron chi connectivity index (χ4n) is 3.22. The molecule has 0 bridgehead atoms. The first-order valence-corrected chi connectivity index (χ1v) is 9.16. The van der Waals surface area contributed by atoms with E-state index in [2.05, 4.69) is 11.2 Å². The fourth-order valence-corrected chi connectivity index (χ4v) is 3.22. The summed E-state index contributed by atoms with van der Waals surface area (Å²) < 4.78 is 38.6. The van der Waals surface area contributed by atoms with Crippen molar-refractivity contribution in [2.24, 2.45) is 0 Å². The first-order valence-electron chi connectivity index (χ1n) is 9.16. The number of rotatable bonds is 6. The van der Waals surface area contributed by atoms with Crippen molar-refractivity contribution in [3.8, 4) is 12.3 Å². The van der Waals surface area contributed by atoms with Gasteiger partial charge >= 0.3 is 6.18 Å². The largest absolute Gasteiger partial charge is 0.416 e. The van der Waals surface area contributed by atoms with Crippen LogP contribution in [0.1, 0.15) is 32.3 Å². The molecule has 0 spiro atoms. The third-order valence-electron chi connectivity index (χ3n) is 5.14. The second-order valence-corrected chi connectivity index (χ2v) is 6.79. The van der Waals surface area contributed by atoms with E-state index in [0.717, 1.165) is 6.07 Å². The van der Waals surface area contributed by atoms with Crippen LogP contribution >= 0.6 is 0 Å². The zero-order chi connectivity index (χ0) is 20.1. The van der Waals surface area contributed by atoms with Gasteiger partial charge in [-0.15, -0.1) is 6.42 Å². The van der Waals surface area contributed by atoms with Crippen LogP contribution in [-0.2, 0) is 11.0 Å². The number of nitrogens with zero attached hydrogens (tertiary/aromatic N) is 2. The molecule has 0 aliphatic carbocycles. The van der Waals surface area contributed by atoms with Crippen molar-refractivity contribution in [1.82, 2.24) is 10.2 Å². The number of carbonyl (C=O) groups excluding carboxylic acids is 1. The van der Waals surface area contributed by atoms with E-state index in [1.807, 2.05) is 23.6 Å². The van der Waals surface area contributed by atoms with Gasteiger partial charge in [0.1, 0.15) is 5.54 Å². The lowest BCUT2D eigenvalue weighted by atomic mass is 9.94. The number of hydrogen-bond acceptors (Lipinski definition) is 3. The summed E-state index contributed by atoms with van der Waals surface area (Å²) in [5, 5.41) is 2.94. The maximum absolute atomic E-state index is 12.9. The molecule has 1 aromatic carbocycles. The number of terminal acetylenes is 1. The molecule has 0 saturated carbocycles. The molecule has 1 aromatic rings. The summed E-state index contributed by atoms with van der Waals surface area (Å²) in [6.07, 6.45) is 2.54. The predicted octanol–water partition coefficient (Wildman–Crippen LogP) is 3.14. The van der Waals surface area contributed by atoms with Crippen molar-refractivity contribution >= 4 is 11.6 Å². The molecule has 1 fully saturated rings. The highest BCUT2D eigenvalue weighted by Crippen LogP contribution is 2.31. The number of nitrogens with one attached hydrogen (secondary N) is 1. The van der Waals surface area contributed by atoms with E-state index >= 15 is 0 Å². The molecule has 0 unspecified atom stereocenters. The van der Waals surface area contributed by atoms with Crippen LogP contribution in [0.2, 0.25) is 0 Å². The maximum atomic E-state index is 12.9. The zero-order valence-corrected chi connectivity index (χ0v) is 15.8. The highest BCUT2D eigenvalue weighted by atomic mass is 19.4. The Morgan fingerprint density at radius 2 is 1.81 bits per heavy atom. The van der Waals surface area contributed by atoms with Crippen LogP contribution in [0.4, 0.5) is 18.9 Å². The Labute approximate surface area is 158 Å². The number of hydrogen-bond donors (Lipinski definition) is 1. The van der Waals surface area contributed by atoms with Crippen molar-refractivity contribution in [3.05, 3.63) is 29.8 Å². The van der Waals surface area contributed by atoms with Crippen molar-refractivity contribution < 1.29 is 18.0 Å². The first kappa shape index (κ1) is 21.1. The van der Waals surface area contributed by atoms with E-state index in [9.17, 15) is 18.0 Å². The van der Waals surface area contributed by atoms with Crippen LogP contribution in [-0.4, -0.2) is 49.1 Å². The molecule has 1 heterocycles. The monoisotopic (exact) mass is 381 g/mol. The second-order valence-electron chi connectivity index (χ2n) is 6.79. The molecule has 1 amide bonds. The van der Waals surface area contributed by atoms with Crippen LogP contribution in [0.5, 0.6) is 0 Å². The van der Waals surface area contributed by atoms with Gasteiger partial charge in [-0.3, -0.25) is 9.69 Å². The molecule has 1 N–H and O–H groups in total. The van der Waals surface area contributed by atoms with Crippen LogP contribution in [0.15, 0.2) is 24.3 Å². The Morgan fingerprint density at radius 1 is 1.19 bits per heavy atom. The molecule has 4 nitrogen and oxygen atoms in total. The van der Waals surface area contributed by atoms with Gasteiger partial charge in [-0.2, -0.15) is 13.2 Å². The molecular weight excluding hydrogens is 355 g/mol. The van der Waals surface area contributed by atoms with Gasteiger partial charge in [0.15, 0.2) is 0 Å². The Balaban J connectivity index is 1.91.